The highest BCUT2D eigenvalue weighted by molar-refractivity contribution is 5.94. The molecular weight excluding hydrogens is 414 g/mol. The second-order valence-electron chi connectivity index (χ2n) is 9.57. The van der Waals surface area contributed by atoms with Crippen LogP contribution >= 0.6 is 0 Å². The van der Waals surface area contributed by atoms with Gasteiger partial charge in [0.25, 0.3) is 5.91 Å². The first-order valence-electron chi connectivity index (χ1n) is 11.8. The first-order valence-corrected chi connectivity index (χ1v) is 11.8. The molecule has 0 unspecified atom stereocenters. The largest absolute Gasteiger partial charge is 0.377 e. The zero-order valence-corrected chi connectivity index (χ0v) is 20.6. The number of nitrogens with one attached hydrogen (secondary N) is 1. The minimum atomic E-state index is -0.00634. The van der Waals surface area contributed by atoms with Crippen LogP contribution in [0.3, 0.4) is 0 Å². The molecule has 0 radical (unpaired) electrons. The standard InChI is InChI=1S/C27H37N3O3/c1-19(2)14-26(31)28-23-11-12-25(29(4)5)22(16-23)17-30(18-24-10-7-13-33-24)27(32)21-9-6-8-20(3)15-21/h6,8-9,11-12,15-16,19,24H,7,10,13-14,17-18H2,1-5H3,(H,28,31)/t24-/m0/s1. The van der Waals surface area contributed by atoms with E-state index in [4.69, 9.17) is 4.74 Å². The van der Waals surface area contributed by atoms with Crippen LogP contribution in [0.4, 0.5) is 11.4 Å². The van der Waals surface area contributed by atoms with Gasteiger partial charge in [-0.3, -0.25) is 9.59 Å². The second kappa shape index (κ2) is 11.3. The molecule has 1 fully saturated rings. The van der Waals surface area contributed by atoms with Gasteiger partial charge in [-0.2, -0.15) is 0 Å². The van der Waals surface area contributed by atoms with E-state index in [-0.39, 0.29) is 17.9 Å². The summed E-state index contributed by atoms with van der Waals surface area (Å²) in [5.41, 5.74) is 4.50. The number of carbonyl (C=O) groups is 2. The van der Waals surface area contributed by atoms with Crippen LogP contribution < -0.4 is 10.2 Å². The lowest BCUT2D eigenvalue weighted by Crippen LogP contribution is -2.37. The van der Waals surface area contributed by atoms with E-state index < -0.39 is 0 Å². The first-order chi connectivity index (χ1) is 15.7. The quantitative estimate of drug-likeness (QED) is 0.591. The van der Waals surface area contributed by atoms with Crippen LogP contribution in [0.15, 0.2) is 42.5 Å². The average Bonchev–Trinajstić information content (AvgIpc) is 3.25. The highest BCUT2D eigenvalue weighted by Gasteiger charge is 2.25. The van der Waals surface area contributed by atoms with Crippen LogP contribution in [-0.4, -0.2) is 50.1 Å². The molecule has 6 nitrogen and oxygen atoms in total. The number of ether oxygens (including phenoxy) is 1. The maximum atomic E-state index is 13.5. The molecule has 178 valence electrons. The van der Waals surface area contributed by atoms with Crippen LogP contribution in [0.1, 0.15) is 54.6 Å². The topological polar surface area (TPSA) is 61.9 Å². The maximum absolute atomic E-state index is 13.5. The smallest absolute Gasteiger partial charge is 0.254 e. The van der Waals surface area contributed by atoms with Gasteiger partial charge in [-0.15, -0.1) is 0 Å². The molecule has 33 heavy (non-hydrogen) atoms. The van der Waals surface area contributed by atoms with Crippen molar-refractivity contribution >= 4 is 23.2 Å². The summed E-state index contributed by atoms with van der Waals surface area (Å²) < 4.78 is 5.86. The van der Waals surface area contributed by atoms with Crippen molar-refractivity contribution in [2.75, 3.05) is 37.5 Å². The molecule has 2 aromatic carbocycles. The molecule has 1 atom stereocenters. The molecule has 6 heteroatoms. The fourth-order valence-electron chi connectivity index (χ4n) is 4.23. The molecule has 0 aliphatic carbocycles. The Bertz CT molecular complexity index is 965. The highest BCUT2D eigenvalue weighted by Crippen LogP contribution is 2.26. The summed E-state index contributed by atoms with van der Waals surface area (Å²) >= 11 is 0. The van der Waals surface area contributed by atoms with Crippen molar-refractivity contribution in [1.82, 2.24) is 4.90 Å². The number of hydrogen-bond acceptors (Lipinski definition) is 4. The zero-order chi connectivity index (χ0) is 24.0. The Hall–Kier alpha value is -2.86. The van der Waals surface area contributed by atoms with E-state index in [1.807, 2.05) is 87.1 Å². The fraction of sp³-hybridized carbons (Fsp3) is 0.481. The minimum absolute atomic E-state index is 0.000557. The lowest BCUT2D eigenvalue weighted by molar-refractivity contribution is -0.116. The van der Waals surface area contributed by atoms with Crippen molar-refractivity contribution in [3.8, 4) is 0 Å². The monoisotopic (exact) mass is 451 g/mol. The van der Waals surface area contributed by atoms with E-state index in [9.17, 15) is 9.59 Å². The fourth-order valence-corrected chi connectivity index (χ4v) is 4.23. The van der Waals surface area contributed by atoms with Gasteiger partial charge >= 0.3 is 0 Å². The summed E-state index contributed by atoms with van der Waals surface area (Å²) in [6, 6.07) is 13.6. The predicted molar refractivity (Wildman–Crippen MR) is 134 cm³/mol. The second-order valence-corrected chi connectivity index (χ2v) is 9.57. The van der Waals surface area contributed by atoms with Gasteiger partial charge in [0.05, 0.1) is 6.10 Å². The van der Waals surface area contributed by atoms with Gasteiger partial charge in [0, 0.05) is 57.2 Å². The number of carbonyl (C=O) groups excluding carboxylic acids is 2. The number of amides is 2. The number of nitrogens with zero attached hydrogens (tertiary/aromatic N) is 2. The molecule has 1 N–H and O–H groups in total. The minimum Gasteiger partial charge on any atom is -0.377 e. The summed E-state index contributed by atoms with van der Waals surface area (Å²) in [7, 11) is 3.98. The maximum Gasteiger partial charge on any atom is 0.254 e. The highest BCUT2D eigenvalue weighted by atomic mass is 16.5. The van der Waals surface area contributed by atoms with Crippen molar-refractivity contribution in [3.63, 3.8) is 0 Å². The Morgan fingerprint density at radius 3 is 2.58 bits per heavy atom. The van der Waals surface area contributed by atoms with Crippen molar-refractivity contribution in [1.29, 1.82) is 0 Å². The summed E-state index contributed by atoms with van der Waals surface area (Å²) in [5, 5.41) is 3.01. The molecule has 0 saturated carbocycles. The Morgan fingerprint density at radius 2 is 1.94 bits per heavy atom. The number of benzene rings is 2. The number of anilines is 2. The molecule has 0 spiro atoms. The third-order valence-corrected chi connectivity index (χ3v) is 5.80. The summed E-state index contributed by atoms with van der Waals surface area (Å²) in [6.45, 7) is 7.78. The van der Waals surface area contributed by atoms with Gasteiger partial charge in [-0.1, -0.05) is 31.5 Å². The van der Waals surface area contributed by atoms with Gasteiger partial charge in [0.2, 0.25) is 5.91 Å². The lowest BCUT2D eigenvalue weighted by Gasteiger charge is -2.28. The Labute approximate surface area is 197 Å². The Balaban J connectivity index is 1.89. The zero-order valence-electron chi connectivity index (χ0n) is 20.6. The Kier molecular flexibility index (Phi) is 8.50. The van der Waals surface area contributed by atoms with Crippen LogP contribution in [0.25, 0.3) is 0 Å². The van der Waals surface area contributed by atoms with E-state index in [1.165, 1.54) is 0 Å². The van der Waals surface area contributed by atoms with Gasteiger partial charge in [-0.05, 0) is 61.6 Å². The van der Waals surface area contributed by atoms with Crippen LogP contribution in [-0.2, 0) is 16.1 Å². The van der Waals surface area contributed by atoms with Crippen molar-refractivity contribution in [2.45, 2.75) is 52.7 Å². The third-order valence-electron chi connectivity index (χ3n) is 5.80. The Morgan fingerprint density at radius 1 is 1.15 bits per heavy atom. The molecule has 1 saturated heterocycles. The van der Waals surface area contributed by atoms with Crippen molar-refractivity contribution in [2.24, 2.45) is 5.92 Å². The van der Waals surface area contributed by atoms with Gasteiger partial charge in [0.15, 0.2) is 0 Å². The number of aryl methyl sites for hydroxylation is 1. The first kappa shape index (κ1) is 24.8. The molecule has 0 bridgehead atoms. The number of hydrogen-bond donors (Lipinski definition) is 1. The molecule has 1 heterocycles. The van der Waals surface area contributed by atoms with Crippen LogP contribution in [0, 0.1) is 12.8 Å². The van der Waals surface area contributed by atoms with Gasteiger partial charge < -0.3 is 19.9 Å². The molecule has 2 aromatic rings. The van der Waals surface area contributed by atoms with E-state index in [0.717, 1.165) is 42.0 Å². The van der Waals surface area contributed by atoms with E-state index >= 15 is 0 Å². The average molecular weight is 452 g/mol. The molecule has 1 aliphatic heterocycles. The van der Waals surface area contributed by atoms with Gasteiger partial charge in [0.1, 0.15) is 0 Å². The lowest BCUT2D eigenvalue weighted by atomic mass is 10.1. The van der Waals surface area contributed by atoms with Crippen LogP contribution in [0.2, 0.25) is 0 Å². The molecule has 0 aromatic heterocycles. The van der Waals surface area contributed by atoms with E-state index in [0.29, 0.717) is 31.0 Å². The molecule has 1 aliphatic rings. The summed E-state index contributed by atoms with van der Waals surface area (Å²) in [4.78, 5) is 29.8. The van der Waals surface area contributed by atoms with Crippen LogP contribution in [0.5, 0.6) is 0 Å². The van der Waals surface area contributed by atoms with Crippen molar-refractivity contribution < 1.29 is 14.3 Å². The molecule has 3 rings (SSSR count). The summed E-state index contributed by atoms with van der Waals surface area (Å²) in [5.74, 6) is 0.285. The van der Waals surface area contributed by atoms with E-state index in [1.54, 1.807) is 0 Å². The third kappa shape index (κ3) is 7.06. The number of rotatable bonds is 9. The SMILES string of the molecule is Cc1cccc(C(=O)N(Cc2cc(NC(=O)CC(C)C)ccc2N(C)C)C[C@@H]2CCCO2)c1. The van der Waals surface area contributed by atoms with Gasteiger partial charge in [-0.25, -0.2) is 0 Å². The summed E-state index contributed by atoms with van der Waals surface area (Å²) in [6.07, 6.45) is 2.51. The molecule has 2 amide bonds. The van der Waals surface area contributed by atoms with E-state index in [2.05, 4.69) is 5.32 Å². The normalized spacial score (nSPS) is 15.5. The van der Waals surface area contributed by atoms with Crippen molar-refractivity contribution in [3.05, 3.63) is 59.2 Å². The predicted octanol–water partition coefficient (Wildman–Crippen LogP) is 4.87. The molecular formula is C27H37N3O3.